The number of thiophene rings is 1. The summed E-state index contributed by atoms with van der Waals surface area (Å²) in [6.45, 7) is 6.48. The first-order chi connectivity index (χ1) is 16.0. The van der Waals surface area contributed by atoms with Crippen molar-refractivity contribution in [2.24, 2.45) is 0 Å². The van der Waals surface area contributed by atoms with E-state index < -0.39 is 0 Å². The maximum Gasteiger partial charge on any atom is 0.226 e. The molecule has 0 saturated carbocycles. The van der Waals surface area contributed by atoms with Crippen LogP contribution in [0, 0.1) is 20.8 Å². The predicted octanol–water partition coefficient (Wildman–Crippen LogP) is 5.99. The highest BCUT2D eigenvalue weighted by Gasteiger charge is 2.19. The standard InChI is InChI=1S/C26H23N3O3S/c1-16-6-8-19(9-7-16)22-14-33-26-24(22)25(27-15-28-26)32-13-23(30)21-11-17(2)29(18(21)3)12-20-5-4-10-31-20/h4-11,14-15H,12-13H2,1-3H3. The van der Waals surface area contributed by atoms with Gasteiger partial charge in [-0.2, -0.15) is 0 Å². The maximum absolute atomic E-state index is 13.1. The highest BCUT2D eigenvalue weighted by molar-refractivity contribution is 7.17. The Kier molecular flexibility index (Phi) is 5.56. The normalized spacial score (nSPS) is 11.2. The van der Waals surface area contributed by atoms with Gasteiger partial charge in [-0.05, 0) is 44.5 Å². The second kappa shape index (κ2) is 8.67. The maximum atomic E-state index is 13.1. The lowest BCUT2D eigenvalue weighted by Gasteiger charge is -2.09. The second-order valence-electron chi connectivity index (χ2n) is 8.04. The molecule has 0 unspecified atom stereocenters. The van der Waals surface area contributed by atoms with Crippen molar-refractivity contribution in [1.82, 2.24) is 14.5 Å². The second-order valence-corrected chi connectivity index (χ2v) is 8.89. The van der Waals surface area contributed by atoms with Gasteiger partial charge in [-0.1, -0.05) is 29.8 Å². The summed E-state index contributed by atoms with van der Waals surface area (Å²) in [4.78, 5) is 22.6. The van der Waals surface area contributed by atoms with Gasteiger partial charge in [0.2, 0.25) is 11.7 Å². The summed E-state index contributed by atoms with van der Waals surface area (Å²) in [7, 11) is 0. The van der Waals surface area contributed by atoms with Crippen molar-refractivity contribution < 1.29 is 13.9 Å². The molecule has 0 atom stereocenters. The minimum atomic E-state index is -0.0969. The number of Topliss-reactive ketones (excluding diaryl/α,β-unsaturated/α-hetero) is 1. The average molecular weight is 458 g/mol. The Morgan fingerprint density at radius 3 is 2.70 bits per heavy atom. The van der Waals surface area contributed by atoms with E-state index in [1.165, 1.54) is 23.2 Å². The van der Waals surface area contributed by atoms with Crippen molar-refractivity contribution in [3.05, 3.63) is 88.7 Å². The number of fused-ring (bicyclic) bond motifs is 1. The van der Waals surface area contributed by atoms with Crippen LogP contribution in [-0.2, 0) is 6.54 Å². The molecule has 0 fully saturated rings. The fourth-order valence-corrected chi connectivity index (χ4v) is 4.91. The van der Waals surface area contributed by atoms with Gasteiger partial charge in [0, 0.05) is 27.9 Å². The molecule has 0 spiro atoms. The lowest BCUT2D eigenvalue weighted by molar-refractivity contribution is 0.0918. The molecular weight excluding hydrogens is 434 g/mol. The highest BCUT2D eigenvalue weighted by atomic mass is 32.1. The van der Waals surface area contributed by atoms with Gasteiger partial charge < -0.3 is 13.7 Å². The first-order valence-electron chi connectivity index (χ1n) is 10.7. The topological polar surface area (TPSA) is 70.2 Å². The Labute approximate surface area is 195 Å². The Morgan fingerprint density at radius 1 is 1.12 bits per heavy atom. The molecule has 0 amide bonds. The van der Waals surface area contributed by atoms with Gasteiger partial charge in [-0.3, -0.25) is 4.79 Å². The molecule has 0 aliphatic rings. The van der Waals surface area contributed by atoms with Gasteiger partial charge in [0.05, 0.1) is 18.2 Å². The average Bonchev–Trinajstić information content (AvgIpc) is 3.55. The van der Waals surface area contributed by atoms with E-state index in [1.807, 2.05) is 32.0 Å². The van der Waals surface area contributed by atoms with Gasteiger partial charge in [0.15, 0.2) is 6.61 Å². The first-order valence-corrected chi connectivity index (χ1v) is 11.5. The molecule has 4 heterocycles. The van der Waals surface area contributed by atoms with Gasteiger partial charge in [-0.25, -0.2) is 9.97 Å². The number of nitrogens with zero attached hydrogens (tertiary/aromatic N) is 3. The third-order valence-electron chi connectivity index (χ3n) is 5.81. The van der Waals surface area contributed by atoms with Gasteiger partial charge >= 0.3 is 0 Å². The third-order valence-corrected chi connectivity index (χ3v) is 6.69. The lowest BCUT2D eigenvalue weighted by Crippen LogP contribution is -2.14. The fraction of sp³-hybridized carbons (Fsp3) is 0.192. The molecule has 0 aliphatic carbocycles. The Balaban J connectivity index is 1.40. The van der Waals surface area contributed by atoms with Crippen LogP contribution in [0.1, 0.15) is 33.1 Å². The number of aromatic nitrogens is 3. The van der Waals surface area contributed by atoms with Crippen LogP contribution in [0.15, 0.2) is 64.9 Å². The van der Waals surface area contributed by atoms with Crippen molar-refractivity contribution in [2.45, 2.75) is 27.3 Å². The van der Waals surface area contributed by atoms with E-state index >= 15 is 0 Å². The molecule has 33 heavy (non-hydrogen) atoms. The summed E-state index contributed by atoms with van der Waals surface area (Å²) in [5.74, 6) is 1.18. The van der Waals surface area contributed by atoms with E-state index in [2.05, 4.69) is 51.1 Å². The van der Waals surface area contributed by atoms with E-state index in [9.17, 15) is 4.79 Å². The molecule has 4 aromatic heterocycles. The number of benzene rings is 1. The number of ketones is 1. The van der Waals surface area contributed by atoms with E-state index in [1.54, 1.807) is 6.26 Å². The Morgan fingerprint density at radius 2 is 1.94 bits per heavy atom. The summed E-state index contributed by atoms with van der Waals surface area (Å²) < 4.78 is 13.5. The van der Waals surface area contributed by atoms with Crippen LogP contribution < -0.4 is 4.74 Å². The van der Waals surface area contributed by atoms with Crippen molar-refractivity contribution >= 4 is 27.3 Å². The van der Waals surface area contributed by atoms with Crippen molar-refractivity contribution in [2.75, 3.05) is 6.61 Å². The Hall–Kier alpha value is -3.71. The summed E-state index contributed by atoms with van der Waals surface area (Å²) in [6, 6.07) is 14.0. The molecular formula is C26H23N3O3S. The van der Waals surface area contributed by atoms with E-state index in [-0.39, 0.29) is 12.4 Å². The van der Waals surface area contributed by atoms with E-state index in [0.717, 1.165) is 38.5 Å². The molecule has 6 nitrogen and oxygen atoms in total. The molecule has 0 aliphatic heterocycles. The zero-order chi connectivity index (χ0) is 22.9. The number of hydrogen-bond acceptors (Lipinski definition) is 6. The van der Waals surface area contributed by atoms with Crippen molar-refractivity contribution in [3.63, 3.8) is 0 Å². The fourth-order valence-electron chi connectivity index (χ4n) is 4.00. The molecule has 0 bridgehead atoms. The van der Waals surface area contributed by atoms with Crippen LogP contribution >= 0.6 is 11.3 Å². The minimum Gasteiger partial charge on any atom is -0.469 e. The molecule has 1 aromatic carbocycles. The monoisotopic (exact) mass is 457 g/mol. The van der Waals surface area contributed by atoms with Gasteiger partial charge in [0.25, 0.3) is 0 Å². The summed E-state index contributed by atoms with van der Waals surface area (Å²) >= 11 is 1.54. The van der Waals surface area contributed by atoms with E-state index in [4.69, 9.17) is 9.15 Å². The summed E-state index contributed by atoms with van der Waals surface area (Å²) in [5.41, 5.74) is 5.81. The molecule has 166 valence electrons. The number of ether oxygens (including phenoxy) is 1. The van der Waals surface area contributed by atoms with Crippen molar-refractivity contribution in [1.29, 1.82) is 0 Å². The molecule has 0 radical (unpaired) electrons. The highest BCUT2D eigenvalue weighted by Crippen LogP contribution is 2.37. The predicted molar refractivity (Wildman–Crippen MR) is 129 cm³/mol. The van der Waals surface area contributed by atoms with Gasteiger partial charge in [-0.15, -0.1) is 11.3 Å². The zero-order valence-corrected chi connectivity index (χ0v) is 19.5. The summed E-state index contributed by atoms with van der Waals surface area (Å²) in [5, 5.41) is 2.89. The van der Waals surface area contributed by atoms with Crippen LogP contribution in [0.4, 0.5) is 0 Å². The van der Waals surface area contributed by atoms with Crippen LogP contribution in [-0.4, -0.2) is 26.9 Å². The van der Waals surface area contributed by atoms with Crippen LogP contribution in [0.3, 0.4) is 0 Å². The molecule has 5 aromatic rings. The number of hydrogen-bond donors (Lipinski definition) is 0. The number of carbonyl (C=O) groups excluding carboxylic acids is 1. The number of furan rings is 1. The van der Waals surface area contributed by atoms with Crippen LogP contribution in [0.2, 0.25) is 0 Å². The van der Waals surface area contributed by atoms with Gasteiger partial charge in [0.1, 0.15) is 16.9 Å². The zero-order valence-electron chi connectivity index (χ0n) is 18.7. The summed E-state index contributed by atoms with van der Waals surface area (Å²) in [6.07, 6.45) is 3.13. The first kappa shape index (κ1) is 21.2. The van der Waals surface area contributed by atoms with Crippen LogP contribution in [0.5, 0.6) is 5.88 Å². The largest absolute Gasteiger partial charge is 0.469 e. The Bertz CT molecular complexity index is 1430. The molecule has 0 saturated heterocycles. The third kappa shape index (κ3) is 4.07. The number of carbonyl (C=O) groups is 1. The SMILES string of the molecule is Cc1ccc(-c2csc3ncnc(OCC(=O)c4cc(C)n(Cc5ccco5)c4C)c23)cc1. The minimum absolute atomic E-state index is 0.0901. The van der Waals surface area contributed by atoms with E-state index in [0.29, 0.717) is 18.0 Å². The lowest BCUT2D eigenvalue weighted by atomic mass is 10.0. The molecule has 0 N–H and O–H groups in total. The molecule has 5 rings (SSSR count). The smallest absolute Gasteiger partial charge is 0.226 e. The number of aryl methyl sites for hydroxylation is 2. The van der Waals surface area contributed by atoms with Crippen molar-refractivity contribution in [3.8, 4) is 17.0 Å². The molecule has 7 heteroatoms. The van der Waals surface area contributed by atoms with Crippen LogP contribution in [0.25, 0.3) is 21.3 Å². The quantitative estimate of drug-likeness (QED) is 0.281. The number of rotatable bonds is 7.